The van der Waals surface area contributed by atoms with Gasteiger partial charge in [-0.05, 0) is 50.6 Å². The van der Waals surface area contributed by atoms with Crippen molar-refractivity contribution in [3.63, 3.8) is 0 Å². The van der Waals surface area contributed by atoms with Crippen LogP contribution in [-0.2, 0) is 14.8 Å². The first kappa shape index (κ1) is 19.9. The summed E-state index contributed by atoms with van der Waals surface area (Å²) in [5, 5.41) is 5.96. The Kier molecular flexibility index (Phi) is 7.47. The van der Waals surface area contributed by atoms with Crippen molar-refractivity contribution in [2.75, 3.05) is 11.9 Å². The fourth-order valence-electron chi connectivity index (χ4n) is 2.44. The van der Waals surface area contributed by atoms with E-state index in [1.807, 2.05) is 6.92 Å². The normalized spacial score (nSPS) is 21.3. The number of benzene rings is 1. The molecule has 1 aromatic rings. The Bertz CT molecular complexity index is 619. The molecule has 2 rings (SSSR count). The highest BCUT2D eigenvalue weighted by Crippen LogP contribution is 2.17. The monoisotopic (exact) mass is 361 g/mol. The topological polar surface area (TPSA) is 87.3 Å². The van der Waals surface area contributed by atoms with Gasteiger partial charge in [-0.15, -0.1) is 12.4 Å². The molecule has 0 radical (unpaired) electrons. The number of carbonyl (C=O) groups excluding carboxylic acids is 1. The molecule has 0 spiro atoms. The molecule has 1 amide bonds. The lowest BCUT2D eigenvalue weighted by Gasteiger charge is -2.30. The molecule has 3 N–H and O–H groups in total. The lowest BCUT2D eigenvalue weighted by molar-refractivity contribution is -0.115. The molecule has 130 valence electrons. The second kappa shape index (κ2) is 8.63. The molecule has 23 heavy (non-hydrogen) atoms. The van der Waals surface area contributed by atoms with Crippen LogP contribution in [0.15, 0.2) is 29.2 Å². The third-order valence-corrected chi connectivity index (χ3v) is 5.34. The quantitative estimate of drug-likeness (QED) is 0.747. The van der Waals surface area contributed by atoms with Crippen LogP contribution in [0, 0.1) is 0 Å². The Labute approximate surface area is 143 Å². The molecule has 1 saturated heterocycles. The van der Waals surface area contributed by atoms with Gasteiger partial charge in [-0.2, -0.15) is 0 Å². The van der Waals surface area contributed by atoms with E-state index in [0.717, 1.165) is 19.4 Å². The Balaban J connectivity index is 0.00000264. The fraction of sp³-hybridized carbons (Fsp3) is 0.533. The highest BCUT2D eigenvalue weighted by atomic mass is 35.5. The van der Waals surface area contributed by atoms with E-state index in [0.29, 0.717) is 12.1 Å². The maximum absolute atomic E-state index is 12.4. The smallest absolute Gasteiger partial charge is 0.240 e. The van der Waals surface area contributed by atoms with Crippen LogP contribution in [0.3, 0.4) is 0 Å². The van der Waals surface area contributed by atoms with Crippen molar-refractivity contribution in [2.24, 2.45) is 0 Å². The minimum Gasteiger partial charge on any atom is -0.326 e. The maximum Gasteiger partial charge on any atom is 0.240 e. The summed E-state index contributed by atoms with van der Waals surface area (Å²) in [6, 6.07) is 6.24. The van der Waals surface area contributed by atoms with Gasteiger partial charge >= 0.3 is 0 Å². The van der Waals surface area contributed by atoms with Crippen LogP contribution < -0.4 is 15.4 Å². The van der Waals surface area contributed by atoms with E-state index in [9.17, 15) is 13.2 Å². The molecule has 2 atom stereocenters. The Morgan fingerprint density at radius 3 is 2.52 bits per heavy atom. The number of amides is 1. The summed E-state index contributed by atoms with van der Waals surface area (Å²) in [4.78, 5) is 11.5. The van der Waals surface area contributed by atoms with Crippen LogP contribution in [0.4, 0.5) is 5.69 Å². The number of nitrogens with one attached hydrogen (secondary N) is 3. The largest absolute Gasteiger partial charge is 0.326 e. The first-order valence-electron chi connectivity index (χ1n) is 7.58. The van der Waals surface area contributed by atoms with Gasteiger partial charge in [0.15, 0.2) is 0 Å². The van der Waals surface area contributed by atoms with Crippen molar-refractivity contribution in [3.05, 3.63) is 24.3 Å². The van der Waals surface area contributed by atoms with Gasteiger partial charge < -0.3 is 10.6 Å². The molecule has 8 heteroatoms. The zero-order valence-electron chi connectivity index (χ0n) is 13.3. The SMILES string of the molecule is CCC(=O)Nc1ccc(S(=O)(=O)NC2CCCNC2C)cc1.Cl. The number of rotatable bonds is 5. The number of hydrogen-bond acceptors (Lipinski definition) is 4. The molecule has 1 heterocycles. The van der Waals surface area contributed by atoms with Crippen molar-refractivity contribution < 1.29 is 13.2 Å². The zero-order chi connectivity index (χ0) is 16.2. The number of hydrogen-bond donors (Lipinski definition) is 3. The molecule has 1 aliphatic rings. The van der Waals surface area contributed by atoms with E-state index in [-0.39, 0.29) is 35.3 Å². The predicted octanol–water partition coefficient (Wildman–Crippen LogP) is 1.88. The molecule has 0 aliphatic carbocycles. The van der Waals surface area contributed by atoms with E-state index in [4.69, 9.17) is 0 Å². The third-order valence-electron chi connectivity index (χ3n) is 3.84. The minimum atomic E-state index is -3.55. The summed E-state index contributed by atoms with van der Waals surface area (Å²) >= 11 is 0. The van der Waals surface area contributed by atoms with E-state index in [1.165, 1.54) is 12.1 Å². The van der Waals surface area contributed by atoms with Gasteiger partial charge in [0.25, 0.3) is 0 Å². The van der Waals surface area contributed by atoms with Crippen LogP contribution in [0.2, 0.25) is 0 Å². The van der Waals surface area contributed by atoms with Gasteiger partial charge in [-0.25, -0.2) is 13.1 Å². The lowest BCUT2D eigenvalue weighted by Crippen LogP contribution is -2.51. The number of halogens is 1. The molecule has 6 nitrogen and oxygen atoms in total. The summed E-state index contributed by atoms with van der Waals surface area (Å²) in [5.74, 6) is -0.101. The summed E-state index contributed by atoms with van der Waals surface area (Å²) < 4.78 is 27.6. The average Bonchev–Trinajstić information content (AvgIpc) is 2.50. The zero-order valence-corrected chi connectivity index (χ0v) is 15.0. The first-order valence-corrected chi connectivity index (χ1v) is 9.06. The van der Waals surface area contributed by atoms with E-state index in [1.54, 1.807) is 19.1 Å². The maximum atomic E-state index is 12.4. The summed E-state index contributed by atoms with van der Waals surface area (Å²) in [7, 11) is -3.55. The van der Waals surface area contributed by atoms with Gasteiger partial charge in [0.05, 0.1) is 4.90 Å². The van der Waals surface area contributed by atoms with Gasteiger partial charge in [-0.3, -0.25) is 4.79 Å². The van der Waals surface area contributed by atoms with Crippen LogP contribution in [0.5, 0.6) is 0 Å². The molecule has 1 aliphatic heterocycles. The first-order chi connectivity index (χ1) is 10.4. The fourth-order valence-corrected chi connectivity index (χ4v) is 3.79. The van der Waals surface area contributed by atoms with Crippen LogP contribution >= 0.6 is 12.4 Å². The molecule has 0 aromatic heterocycles. The summed E-state index contributed by atoms with van der Waals surface area (Å²) in [6.45, 7) is 4.67. The average molecular weight is 362 g/mol. The second-order valence-corrected chi connectivity index (χ2v) is 7.25. The molecule has 0 saturated carbocycles. The van der Waals surface area contributed by atoms with Crippen molar-refractivity contribution in [1.82, 2.24) is 10.0 Å². The third kappa shape index (κ3) is 5.46. The highest BCUT2D eigenvalue weighted by Gasteiger charge is 2.26. The van der Waals surface area contributed by atoms with Gasteiger partial charge in [-0.1, -0.05) is 6.92 Å². The van der Waals surface area contributed by atoms with Crippen LogP contribution in [0.1, 0.15) is 33.1 Å². The Morgan fingerprint density at radius 2 is 1.96 bits per heavy atom. The Morgan fingerprint density at radius 1 is 1.30 bits per heavy atom. The van der Waals surface area contributed by atoms with Gasteiger partial charge in [0, 0.05) is 24.2 Å². The van der Waals surface area contributed by atoms with E-state index >= 15 is 0 Å². The van der Waals surface area contributed by atoms with Crippen LogP contribution in [-0.4, -0.2) is 33.0 Å². The van der Waals surface area contributed by atoms with Crippen molar-refractivity contribution in [3.8, 4) is 0 Å². The molecule has 0 bridgehead atoms. The summed E-state index contributed by atoms with van der Waals surface area (Å²) in [5.41, 5.74) is 0.596. The van der Waals surface area contributed by atoms with Crippen molar-refractivity contribution in [1.29, 1.82) is 0 Å². The Hall–Kier alpha value is -1.15. The number of anilines is 1. The standard InChI is InChI=1S/C15H23N3O3S.ClH/c1-3-15(19)17-12-6-8-13(9-7-12)22(20,21)18-14-5-4-10-16-11(14)2;/h6-9,11,14,16,18H,3-5,10H2,1-2H3,(H,17,19);1H. The summed E-state index contributed by atoms with van der Waals surface area (Å²) in [6.07, 6.45) is 2.17. The molecule has 1 aromatic carbocycles. The highest BCUT2D eigenvalue weighted by molar-refractivity contribution is 7.89. The number of sulfonamides is 1. The lowest BCUT2D eigenvalue weighted by atomic mass is 10.0. The number of piperidine rings is 1. The van der Waals surface area contributed by atoms with Gasteiger partial charge in [0.2, 0.25) is 15.9 Å². The van der Waals surface area contributed by atoms with Crippen molar-refractivity contribution in [2.45, 2.75) is 50.1 Å². The molecular weight excluding hydrogens is 338 g/mol. The molecule has 2 unspecified atom stereocenters. The minimum absolute atomic E-state index is 0. The van der Waals surface area contributed by atoms with Crippen LogP contribution in [0.25, 0.3) is 0 Å². The van der Waals surface area contributed by atoms with Crippen molar-refractivity contribution >= 4 is 34.0 Å². The van der Waals surface area contributed by atoms with Gasteiger partial charge in [0.1, 0.15) is 0 Å². The number of carbonyl (C=O) groups is 1. The predicted molar refractivity (Wildman–Crippen MR) is 93.4 cm³/mol. The van der Waals surface area contributed by atoms with E-state index in [2.05, 4.69) is 15.4 Å². The second-order valence-electron chi connectivity index (χ2n) is 5.54. The molecular formula is C15H24ClN3O3S. The molecule has 1 fully saturated rings. The van der Waals surface area contributed by atoms with E-state index < -0.39 is 10.0 Å².